The third-order valence-electron chi connectivity index (χ3n) is 2.34. The predicted octanol–water partition coefficient (Wildman–Crippen LogP) is 2.66. The summed E-state index contributed by atoms with van der Waals surface area (Å²) in [7, 11) is 0. The van der Waals surface area contributed by atoms with Crippen molar-refractivity contribution in [1.29, 1.82) is 0 Å². The fourth-order valence-corrected chi connectivity index (χ4v) is 1.48. The van der Waals surface area contributed by atoms with E-state index in [0.29, 0.717) is 13.2 Å². The summed E-state index contributed by atoms with van der Waals surface area (Å²) in [5, 5.41) is 13.6. The average molecular weight is 289 g/mol. The van der Waals surface area contributed by atoms with Gasteiger partial charge in [-0.3, -0.25) is 10.1 Å². The first kappa shape index (κ1) is 15.6. The van der Waals surface area contributed by atoms with Gasteiger partial charge in [-0.15, -0.1) is 0 Å². The van der Waals surface area contributed by atoms with E-state index in [1.54, 1.807) is 0 Å². The molecule has 0 aliphatic rings. The molecule has 0 fully saturated rings. The Balaban J connectivity index is 2.36. The van der Waals surface area contributed by atoms with Gasteiger partial charge in [0.05, 0.1) is 4.92 Å². The number of halogens is 1. The molecule has 0 atom stereocenters. The Hall–Kier alpha value is -1.47. The summed E-state index contributed by atoms with van der Waals surface area (Å²) in [6.07, 6.45) is 3.97. The van der Waals surface area contributed by atoms with Crippen molar-refractivity contribution in [2.24, 2.45) is 0 Å². The molecule has 1 aromatic heterocycles. The maximum atomic E-state index is 10.8. The minimum atomic E-state index is -0.545. The summed E-state index contributed by atoms with van der Waals surface area (Å²) < 4.78 is 5.38. The normalized spacial score (nSPS) is 10.4. The van der Waals surface area contributed by atoms with Crippen LogP contribution in [0.25, 0.3) is 0 Å². The quantitative estimate of drug-likeness (QED) is 0.325. The van der Waals surface area contributed by atoms with E-state index >= 15 is 0 Å². The summed E-state index contributed by atoms with van der Waals surface area (Å²) in [6.45, 7) is 3.98. The lowest BCUT2D eigenvalue weighted by Gasteiger charge is -2.06. The molecule has 1 N–H and O–H groups in total. The first-order valence-corrected chi connectivity index (χ1v) is 6.51. The molecule has 0 radical (unpaired) electrons. The van der Waals surface area contributed by atoms with Crippen molar-refractivity contribution in [1.82, 2.24) is 9.97 Å². The van der Waals surface area contributed by atoms with Crippen LogP contribution in [-0.4, -0.2) is 34.6 Å². The Bertz CT molecular complexity index is 417. The van der Waals surface area contributed by atoms with Crippen molar-refractivity contribution in [3.05, 3.63) is 21.6 Å². The molecule has 0 aliphatic heterocycles. The van der Waals surface area contributed by atoms with Crippen molar-refractivity contribution >= 4 is 23.1 Å². The smallest absolute Gasteiger partial charge is 0.329 e. The van der Waals surface area contributed by atoms with Crippen molar-refractivity contribution in [3.63, 3.8) is 0 Å². The Morgan fingerprint density at radius 3 is 2.89 bits per heavy atom. The van der Waals surface area contributed by atoms with E-state index in [9.17, 15) is 10.1 Å². The van der Waals surface area contributed by atoms with Gasteiger partial charge in [0.15, 0.2) is 0 Å². The average Bonchev–Trinajstić information content (AvgIpc) is 2.37. The van der Waals surface area contributed by atoms with E-state index in [0.717, 1.165) is 32.1 Å². The minimum absolute atomic E-state index is 0.0210. The third-order valence-corrected chi connectivity index (χ3v) is 2.52. The maximum absolute atomic E-state index is 10.8. The zero-order chi connectivity index (χ0) is 14.1. The number of hydrogen-bond acceptors (Lipinski definition) is 6. The summed E-state index contributed by atoms with van der Waals surface area (Å²) in [5.74, 6) is 0.138. The Morgan fingerprint density at radius 1 is 1.47 bits per heavy atom. The van der Waals surface area contributed by atoms with E-state index < -0.39 is 4.92 Å². The molecule has 0 saturated carbocycles. The molecule has 106 valence electrons. The second kappa shape index (κ2) is 8.60. The second-order valence-corrected chi connectivity index (χ2v) is 4.21. The molecule has 1 aromatic rings. The number of nitro groups is 1. The lowest BCUT2D eigenvalue weighted by Crippen LogP contribution is -2.09. The lowest BCUT2D eigenvalue weighted by atomic mass is 10.3. The molecule has 8 heteroatoms. The lowest BCUT2D eigenvalue weighted by molar-refractivity contribution is -0.384. The summed E-state index contributed by atoms with van der Waals surface area (Å²) in [4.78, 5) is 17.6. The van der Waals surface area contributed by atoms with E-state index in [-0.39, 0.29) is 16.8 Å². The first-order chi connectivity index (χ1) is 9.15. The fourth-order valence-electron chi connectivity index (χ4n) is 1.35. The monoisotopic (exact) mass is 288 g/mol. The second-order valence-electron chi connectivity index (χ2n) is 3.88. The molecule has 0 saturated heterocycles. The van der Waals surface area contributed by atoms with Gasteiger partial charge in [0.25, 0.3) is 0 Å². The molecule has 0 aromatic carbocycles. The molecule has 1 heterocycles. The van der Waals surface area contributed by atoms with Gasteiger partial charge >= 0.3 is 5.69 Å². The van der Waals surface area contributed by atoms with E-state index in [2.05, 4.69) is 22.2 Å². The Morgan fingerprint density at radius 2 is 2.21 bits per heavy atom. The van der Waals surface area contributed by atoms with Gasteiger partial charge in [-0.25, -0.2) is 4.98 Å². The molecule has 0 amide bonds. The van der Waals surface area contributed by atoms with Crippen LogP contribution >= 0.6 is 11.6 Å². The van der Waals surface area contributed by atoms with Gasteiger partial charge in [0, 0.05) is 19.8 Å². The van der Waals surface area contributed by atoms with Crippen molar-refractivity contribution < 1.29 is 9.66 Å². The molecule has 7 nitrogen and oxygen atoms in total. The number of nitrogens with zero attached hydrogens (tertiary/aromatic N) is 3. The van der Waals surface area contributed by atoms with Crippen LogP contribution in [0.5, 0.6) is 0 Å². The number of aromatic nitrogens is 2. The molecule has 19 heavy (non-hydrogen) atoms. The van der Waals surface area contributed by atoms with E-state index in [1.165, 1.54) is 0 Å². The standard InChI is InChI=1S/C11H17ClN4O3/c1-2-3-6-19-7-4-5-13-10-9(16(17)18)8-14-11(12)15-10/h8H,2-7H2,1H3,(H,13,14,15). The molecule has 0 spiro atoms. The van der Waals surface area contributed by atoms with Gasteiger partial charge < -0.3 is 10.1 Å². The van der Waals surface area contributed by atoms with Crippen LogP contribution in [-0.2, 0) is 4.74 Å². The summed E-state index contributed by atoms with van der Waals surface area (Å²) in [6, 6.07) is 0. The molecule has 0 aliphatic carbocycles. The number of anilines is 1. The molecular weight excluding hydrogens is 272 g/mol. The van der Waals surface area contributed by atoms with Gasteiger partial charge in [0.1, 0.15) is 6.20 Å². The highest BCUT2D eigenvalue weighted by Gasteiger charge is 2.16. The van der Waals surface area contributed by atoms with Crippen LogP contribution < -0.4 is 5.32 Å². The Labute approximate surface area is 116 Å². The SMILES string of the molecule is CCCCOCCCNc1nc(Cl)ncc1[N+](=O)[O-]. The zero-order valence-corrected chi connectivity index (χ0v) is 11.5. The predicted molar refractivity (Wildman–Crippen MR) is 72.5 cm³/mol. The van der Waals surface area contributed by atoms with Gasteiger partial charge in [-0.05, 0) is 24.4 Å². The highest BCUT2D eigenvalue weighted by atomic mass is 35.5. The maximum Gasteiger partial charge on any atom is 0.329 e. The summed E-state index contributed by atoms with van der Waals surface area (Å²) in [5.41, 5.74) is -0.184. The van der Waals surface area contributed by atoms with Crippen LogP contribution in [0.2, 0.25) is 5.28 Å². The fraction of sp³-hybridized carbons (Fsp3) is 0.636. The minimum Gasteiger partial charge on any atom is -0.381 e. The van der Waals surface area contributed by atoms with Crippen LogP contribution in [0, 0.1) is 10.1 Å². The summed E-state index contributed by atoms with van der Waals surface area (Å²) >= 11 is 5.61. The zero-order valence-electron chi connectivity index (χ0n) is 10.8. The first-order valence-electron chi connectivity index (χ1n) is 6.13. The highest BCUT2D eigenvalue weighted by Crippen LogP contribution is 2.21. The number of rotatable bonds is 9. The third kappa shape index (κ3) is 5.80. The molecule has 1 rings (SSSR count). The van der Waals surface area contributed by atoms with Crippen molar-refractivity contribution in [2.75, 3.05) is 25.1 Å². The number of hydrogen-bond donors (Lipinski definition) is 1. The van der Waals surface area contributed by atoms with E-state index in [1.807, 2.05) is 0 Å². The number of unbranched alkanes of at least 4 members (excludes halogenated alkanes) is 1. The number of ether oxygens (including phenoxy) is 1. The topological polar surface area (TPSA) is 90.2 Å². The van der Waals surface area contributed by atoms with Crippen LogP contribution in [0.3, 0.4) is 0 Å². The van der Waals surface area contributed by atoms with Crippen LogP contribution in [0.4, 0.5) is 11.5 Å². The van der Waals surface area contributed by atoms with Gasteiger partial charge in [-0.2, -0.15) is 4.98 Å². The molecular formula is C11H17ClN4O3. The van der Waals surface area contributed by atoms with Crippen LogP contribution in [0.1, 0.15) is 26.2 Å². The van der Waals surface area contributed by atoms with Gasteiger partial charge in [0.2, 0.25) is 11.1 Å². The Kier molecular flexibility index (Phi) is 7.06. The van der Waals surface area contributed by atoms with Gasteiger partial charge in [-0.1, -0.05) is 13.3 Å². The number of nitrogens with one attached hydrogen (secondary N) is 1. The molecule has 0 bridgehead atoms. The highest BCUT2D eigenvalue weighted by molar-refractivity contribution is 6.28. The van der Waals surface area contributed by atoms with Crippen molar-refractivity contribution in [2.45, 2.75) is 26.2 Å². The van der Waals surface area contributed by atoms with E-state index in [4.69, 9.17) is 16.3 Å². The molecule has 0 unspecified atom stereocenters. The van der Waals surface area contributed by atoms with Crippen molar-refractivity contribution in [3.8, 4) is 0 Å². The largest absolute Gasteiger partial charge is 0.381 e. The van der Waals surface area contributed by atoms with Crippen LogP contribution in [0.15, 0.2) is 6.20 Å².